The molecule has 0 saturated carbocycles. The number of rotatable bonds is 3. The van der Waals surface area contributed by atoms with E-state index >= 15 is 0 Å². The van der Waals surface area contributed by atoms with Gasteiger partial charge in [0.15, 0.2) is 0 Å². The topological polar surface area (TPSA) is 32.8 Å². The zero-order valence-electron chi connectivity index (χ0n) is 12.0. The number of piperazine rings is 1. The van der Waals surface area contributed by atoms with Crippen LogP contribution in [0.15, 0.2) is 18.2 Å². The molecule has 1 amide bonds. The van der Waals surface area contributed by atoms with E-state index in [-0.39, 0.29) is 5.91 Å². The van der Waals surface area contributed by atoms with Crippen molar-refractivity contribution >= 4 is 5.91 Å². The number of aryl methyl sites for hydroxylation is 1. The highest BCUT2D eigenvalue weighted by Gasteiger charge is 2.21. The normalized spacial score (nSPS) is 16.5. The third-order valence-electron chi connectivity index (χ3n) is 3.75. The molecule has 1 saturated heterocycles. The minimum absolute atomic E-state index is 0.126. The Morgan fingerprint density at radius 3 is 2.47 bits per heavy atom. The number of hydrogen-bond donors (Lipinski definition) is 0. The fourth-order valence-electron chi connectivity index (χ4n) is 2.46. The molecular weight excluding hydrogens is 240 g/mol. The predicted octanol–water partition coefficient (Wildman–Crippen LogP) is 1.78. The van der Waals surface area contributed by atoms with Gasteiger partial charge < -0.3 is 14.5 Å². The largest absolute Gasteiger partial charge is 0.496 e. The summed E-state index contributed by atoms with van der Waals surface area (Å²) in [5.41, 5.74) is 1.75. The van der Waals surface area contributed by atoms with E-state index in [0.717, 1.165) is 49.6 Å². The highest BCUT2D eigenvalue weighted by Crippen LogP contribution is 2.19. The lowest BCUT2D eigenvalue weighted by Gasteiger charge is -2.34. The number of likely N-dealkylation sites (N-methyl/N-ethyl adjacent to an activating group) is 1. The van der Waals surface area contributed by atoms with Crippen LogP contribution in [0, 0.1) is 6.92 Å². The minimum Gasteiger partial charge on any atom is -0.496 e. The lowest BCUT2D eigenvalue weighted by atomic mass is 10.1. The van der Waals surface area contributed by atoms with Gasteiger partial charge in [0.25, 0.3) is 5.91 Å². The van der Waals surface area contributed by atoms with Gasteiger partial charge in [-0.25, -0.2) is 0 Å². The van der Waals surface area contributed by atoms with Crippen LogP contribution in [0.2, 0.25) is 0 Å². The summed E-state index contributed by atoms with van der Waals surface area (Å²) in [6, 6.07) is 5.62. The average Bonchev–Trinajstić information content (AvgIpc) is 2.46. The van der Waals surface area contributed by atoms with Gasteiger partial charge in [-0.1, -0.05) is 6.92 Å². The summed E-state index contributed by atoms with van der Waals surface area (Å²) in [6.07, 6.45) is 0. The maximum Gasteiger partial charge on any atom is 0.253 e. The zero-order chi connectivity index (χ0) is 13.8. The smallest absolute Gasteiger partial charge is 0.253 e. The lowest BCUT2D eigenvalue weighted by Crippen LogP contribution is -2.48. The molecule has 0 aromatic heterocycles. The van der Waals surface area contributed by atoms with Gasteiger partial charge in [-0.2, -0.15) is 0 Å². The predicted molar refractivity (Wildman–Crippen MR) is 75.7 cm³/mol. The summed E-state index contributed by atoms with van der Waals surface area (Å²) in [5, 5.41) is 0. The number of hydrogen-bond acceptors (Lipinski definition) is 3. The number of benzene rings is 1. The summed E-state index contributed by atoms with van der Waals surface area (Å²) in [4.78, 5) is 16.7. The van der Waals surface area contributed by atoms with Crippen molar-refractivity contribution in [2.45, 2.75) is 13.8 Å². The standard InChI is InChI=1S/C15H22N2O2/c1-4-16-7-9-17(10-8-16)15(18)13-5-6-14(19-3)12(2)11-13/h5-6,11H,4,7-10H2,1-3H3. The first-order valence-electron chi connectivity index (χ1n) is 6.82. The van der Waals surface area contributed by atoms with E-state index in [0.29, 0.717) is 0 Å². The first-order valence-corrected chi connectivity index (χ1v) is 6.82. The van der Waals surface area contributed by atoms with Gasteiger partial charge in [-0.15, -0.1) is 0 Å². The van der Waals surface area contributed by atoms with E-state index in [1.165, 1.54) is 0 Å². The highest BCUT2D eigenvalue weighted by atomic mass is 16.5. The van der Waals surface area contributed by atoms with Gasteiger partial charge >= 0.3 is 0 Å². The van der Waals surface area contributed by atoms with Crippen molar-refractivity contribution in [3.8, 4) is 5.75 Å². The van der Waals surface area contributed by atoms with Crippen LogP contribution in [0.3, 0.4) is 0 Å². The monoisotopic (exact) mass is 262 g/mol. The van der Waals surface area contributed by atoms with Crippen LogP contribution in [0.1, 0.15) is 22.8 Å². The van der Waals surface area contributed by atoms with Gasteiger partial charge in [-0.3, -0.25) is 4.79 Å². The molecule has 4 nitrogen and oxygen atoms in total. The Morgan fingerprint density at radius 2 is 1.95 bits per heavy atom. The number of carbonyl (C=O) groups excluding carboxylic acids is 1. The summed E-state index contributed by atoms with van der Waals surface area (Å²) >= 11 is 0. The van der Waals surface area contributed by atoms with E-state index in [1.807, 2.05) is 30.0 Å². The molecule has 0 N–H and O–H groups in total. The molecule has 0 spiro atoms. The molecular formula is C15H22N2O2. The molecule has 2 rings (SSSR count). The SMILES string of the molecule is CCN1CCN(C(=O)c2ccc(OC)c(C)c2)CC1. The molecule has 104 valence electrons. The molecule has 0 aliphatic carbocycles. The van der Waals surface area contributed by atoms with Crippen LogP contribution in [-0.4, -0.2) is 55.5 Å². The maximum absolute atomic E-state index is 12.4. The fourth-order valence-corrected chi connectivity index (χ4v) is 2.46. The van der Waals surface area contributed by atoms with Gasteiger partial charge in [0.05, 0.1) is 7.11 Å². The minimum atomic E-state index is 0.126. The van der Waals surface area contributed by atoms with Crippen LogP contribution >= 0.6 is 0 Å². The summed E-state index contributed by atoms with van der Waals surface area (Å²) < 4.78 is 5.22. The molecule has 0 radical (unpaired) electrons. The zero-order valence-corrected chi connectivity index (χ0v) is 12.0. The van der Waals surface area contributed by atoms with Crippen molar-refractivity contribution < 1.29 is 9.53 Å². The van der Waals surface area contributed by atoms with Crippen LogP contribution in [-0.2, 0) is 0 Å². The quantitative estimate of drug-likeness (QED) is 0.832. The molecule has 1 fully saturated rings. The van der Waals surface area contributed by atoms with E-state index in [1.54, 1.807) is 7.11 Å². The third kappa shape index (κ3) is 3.07. The second kappa shape index (κ2) is 6.06. The van der Waals surface area contributed by atoms with Crippen LogP contribution in [0.5, 0.6) is 5.75 Å². The first-order chi connectivity index (χ1) is 9.15. The number of carbonyl (C=O) groups is 1. The molecule has 0 bridgehead atoms. The highest BCUT2D eigenvalue weighted by molar-refractivity contribution is 5.94. The molecule has 1 heterocycles. The van der Waals surface area contributed by atoms with Gasteiger partial charge in [0.2, 0.25) is 0 Å². The van der Waals surface area contributed by atoms with Crippen molar-refractivity contribution in [3.63, 3.8) is 0 Å². The van der Waals surface area contributed by atoms with Crippen molar-refractivity contribution in [2.24, 2.45) is 0 Å². The number of methoxy groups -OCH3 is 1. The van der Waals surface area contributed by atoms with Crippen molar-refractivity contribution in [2.75, 3.05) is 39.8 Å². The van der Waals surface area contributed by atoms with Crippen molar-refractivity contribution in [1.82, 2.24) is 9.80 Å². The van der Waals surface area contributed by atoms with E-state index in [9.17, 15) is 4.79 Å². The Balaban J connectivity index is 2.06. The maximum atomic E-state index is 12.4. The van der Waals surface area contributed by atoms with Gasteiger partial charge in [0.1, 0.15) is 5.75 Å². The van der Waals surface area contributed by atoms with Gasteiger partial charge in [-0.05, 0) is 37.2 Å². The number of amides is 1. The number of nitrogens with zero attached hydrogens (tertiary/aromatic N) is 2. The Bertz CT molecular complexity index is 451. The van der Waals surface area contributed by atoms with Crippen LogP contribution < -0.4 is 4.74 Å². The average molecular weight is 262 g/mol. The molecule has 1 aromatic carbocycles. The Labute approximate surface area is 115 Å². The molecule has 1 aromatic rings. The van der Waals surface area contributed by atoms with Crippen molar-refractivity contribution in [3.05, 3.63) is 29.3 Å². The van der Waals surface area contributed by atoms with E-state index in [4.69, 9.17) is 4.74 Å². The lowest BCUT2D eigenvalue weighted by molar-refractivity contribution is 0.0643. The van der Waals surface area contributed by atoms with Crippen LogP contribution in [0.4, 0.5) is 0 Å². The first kappa shape index (κ1) is 13.9. The molecule has 1 aliphatic heterocycles. The molecule has 0 unspecified atom stereocenters. The Hall–Kier alpha value is -1.55. The summed E-state index contributed by atoms with van der Waals surface area (Å²) in [5.74, 6) is 0.953. The summed E-state index contributed by atoms with van der Waals surface area (Å²) in [7, 11) is 1.65. The Kier molecular flexibility index (Phi) is 4.43. The second-order valence-corrected chi connectivity index (χ2v) is 4.91. The van der Waals surface area contributed by atoms with E-state index in [2.05, 4.69) is 11.8 Å². The van der Waals surface area contributed by atoms with Crippen LogP contribution in [0.25, 0.3) is 0 Å². The second-order valence-electron chi connectivity index (χ2n) is 4.91. The molecule has 1 aliphatic rings. The molecule has 19 heavy (non-hydrogen) atoms. The third-order valence-corrected chi connectivity index (χ3v) is 3.75. The Morgan fingerprint density at radius 1 is 1.26 bits per heavy atom. The van der Waals surface area contributed by atoms with Gasteiger partial charge in [0, 0.05) is 31.7 Å². The number of ether oxygens (including phenoxy) is 1. The molecule has 4 heteroatoms. The van der Waals surface area contributed by atoms with Crippen molar-refractivity contribution in [1.29, 1.82) is 0 Å². The van der Waals surface area contributed by atoms with E-state index < -0.39 is 0 Å². The molecule has 0 atom stereocenters. The summed E-state index contributed by atoms with van der Waals surface area (Å²) in [6.45, 7) is 8.75. The fraction of sp³-hybridized carbons (Fsp3) is 0.533.